The zero-order valence-electron chi connectivity index (χ0n) is 18.9. The van der Waals surface area contributed by atoms with Crippen molar-refractivity contribution in [1.82, 2.24) is 4.98 Å². The number of aryl methyl sites for hydroxylation is 1. The van der Waals surface area contributed by atoms with E-state index in [-0.39, 0.29) is 0 Å². The lowest BCUT2D eigenvalue weighted by atomic mass is 9.80. The molecule has 6 aromatic rings. The van der Waals surface area contributed by atoms with Crippen molar-refractivity contribution in [3.05, 3.63) is 101 Å². The van der Waals surface area contributed by atoms with Crippen LogP contribution in [0.3, 0.4) is 0 Å². The molecule has 2 aliphatic rings. The summed E-state index contributed by atoms with van der Waals surface area (Å²) in [6.45, 7) is 2.15. The molecule has 0 amide bonds. The van der Waals surface area contributed by atoms with Crippen LogP contribution in [0.1, 0.15) is 28.7 Å². The van der Waals surface area contributed by atoms with Gasteiger partial charge in [-0.15, -0.1) is 0 Å². The van der Waals surface area contributed by atoms with Crippen LogP contribution in [0.2, 0.25) is 0 Å². The summed E-state index contributed by atoms with van der Waals surface area (Å²) in [4.78, 5) is 4.76. The quantitative estimate of drug-likeness (QED) is 0.258. The van der Waals surface area contributed by atoms with Crippen LogP contribution in [0.25, 0.3) is 66.4 Å². The third kappa shape index (κ3) is 2.38. The molecular formula is C32H21NO. The Hall–Kier alpha value is -4.17. The van der Waals surface area contributed by atoms with E-state index in [2.05, 4.69) is 85.8 Å². The lowest BCUT2D eigenvalue weighted by molar-refractivity contribution is 0.669. The number of furan rings is 1. The monoisotopic (exact) mass is 435 g/mol. The van der Waals surface area contributed by atoms with Gasteiger partial charge in [-0.2, -0.15) is 0 Å². The molecule has 0 saturated carbocycles. The van der Waals surface area contributed by atoms with Crippen LogP contribution in [-0.4, -0.2) is 4.98 Å². The molecular weight excluding hydrogens is 414 g/mol. The first-order valence-corrected chi connectivity index (χ1v) is 11.9. The molecule has 0 spiro atoms. The van der Waals surface area contributed by atoms with E-state index in [1.807, 2.05) is 6.20 Å². The molecule has 2 heteroatoms. The van der Waals surface area contributed by atoms with Crippen molar-refractivity contribution in [2.45, 2.75) is 19.8 Å². The molecule has 0 saturated heterocycles. The Morgan fingerprint density at radius 2 is 1.76 bits per heavy atom. The Bertz CT molecular complexity index is 1920. The summed E-state index contributed by atoms with van der Waals surface area (Å²) in [7, 11) is 0. The van der Waals surface area contributed by atoms with Crippen molar-refractivity contribution in [2.24, 2.45) is 0 Å². The minimum atomic E-state index is 0.919. The summed E-state index contributed by atoms with van der Waals surface area (Å²) in [5, 5.41) is 7.52. The molecule has 160 valence electrons. The van der Waals surface area contributed by atoms with E-state index in [4.69, 9.17) is 9.40 Å². The number of aromatic nitrogens is 1. The van der Waals surface area contributed by atoms with Gasteiger partial charge in [0.1, 0.15) is 11.2 Å². The van der Waals surface area contributed by atoms with Crippen molar-refractivity contribution in [3.8, 4) is 11.3 Å². The van der Waals surface area contributed by atoms with Crippen LogP contribution in [0.5, 0.6) is 0 Å². The molecule has 2 aliphatic carbocycles. The number of rotatable bonds is 1. The molecule has 2 aromatic heterocycles. The molecule has 0 N–H and O–H groups in total. The highest BCUT2D eigenvalue weighted by molar-refractivity contribution is 6.22. The van der Waals surface area contributed by atoms with E-state index in [0.29, 0.717) is 0 Å². The number of pyridine rings is 1. The molecule has 0 aliphatic heterocycles. The summed E-state index contributed by atoms with van der Waals surface area (Å²) < 4.78 is 6.48. The molecule has 8 rings (SSSR count). The maximum absolute atomic E-state index is 6.48. The van der Waals surface area contributed by atoms with Crippen LogP contribution >= 0.6 is 0 Å². The highest BCUT2D eigenvalue weighted by Crippen LogP contribution is 2.45. The van der Waals surface area contributed by atoms with E-state index < -0.39 is 0 Å². The van der Waals surface area contributed by atoms with E-state index in [0.717, 1.165) is 35.3 Å². The van der Waals surface area contributed by atoms with Crippen molar-refractivity contribution < 1.29 is 4.42 Å². The Morgan fingerprint density at radius 3 is 2.74 bits per heavy atom. The predicted octanol–water partition coefficient (Wildman–Crippen LogP) is 8.62. The van der Waals surface area contributed by atoms with Gasteiger partial charge in [0.25, 0.3) is 0 Å². The van der Waals surface area contributed by atoms with Crippen molar-refractivity contribution in [2.75, 3.05) is 0 Å². The zero-order valence-corrected chi connectivity index (χ0v) is 18.9. The average Bonchev–Trinajstić information content (AvgIpc) is 3.24. The Morgan fingerprint density at radius 1 is 0.824 bits per heavy atom. The Labute approximate surface area is 196 Å². The smallest absolute Gasteiger partial charge is 0.136 e. The maximum atomic E-state index is 6.48. The second-order valence-electron chi connectivity index (χ2n) is 9.58. The Kier molecular flexibility index (Phi) is 3.47. The second kappa shape index (κ2) is 6.45. The molecule has 34 heavy (non-hydrogen) atoms. The fourth-order valence-corrected chi connectivity index (χ4v) is 6.01. The van der Waals surface area contributed by atoms with Crippen molar-refractivity contribution in [1.29, 1.82) is 0 Å². The van der Waals surface area contributed by atoms with E-state index in [1.54, 1.807) is 0 Å². The van der Waals surface area contributed by atoms with E-state index in [1.165, 1.54) is 60.1 Å². The lowest BCUT2D eigenvalue weighted by Gasteiger charge is -2.23. The molecule has 0 radical (unpaired) electrons. The summed E-state index contributed by atoms with van der Waals surface area (Å²) >= 11 is 0. The Balaban J connectivity index is 1.39. The largest absolute Gasteiger partial charge is 0.456 e. The van der Waals surface area contributed by atoms with Gasteiger partial charge in [-0.3, -0.25) is 4.98 Å². The van der Waals surface area contributed by atoms with Gasteiger partial charge >= 0.3 is 0 Å². The van der Waals surface area contributed by atoms with Gasteiger partial charge in [-0.1, -0.05) is 54.6 Å². The summed E-state index contributed by atoms with van der Waals surface area (Å²) in [6, 6.07) is 21.9. The van der Waals surface area contributed by atoms with Gasteiger partial charge in [0.05, 0.1) is 5.69 Å². The number of hydrogen-bond donors (Lipinski definition) is 0. The van der Waals surface area contributed by atoms with Gasteiger partial charge in [-0.05, 0) is 88.0 Å². The fraction of sp³-hybridized carbons (Fsp3) is 0.0938. The van der Waals surface area contributed by atoms with E-state index in [9.17, 15) is 0 Å². The predicted molar refractivity (Wildman–Crippen MR) is 142 cm³/mol. The summed E-state index contributed by atoms with van der Waals surface area (Å²) in [6.07, 6.45) is 10.9. The number of allylic oxidation sites excluding steroid dienone is 3. The molecule has 2 heterocycles. The van der Waals surface area contributed by atoms with Crippen LogP contribution in [-0.2, 0) is 6.42 Å². The highest BCUT2D eigenvalue weighted by Gasteiger charge is 2.23. The zero-order chi connectivity index (χ0) is 22.4. The molecule has 2 nitrogen and oxygen atoms in total. The molecule has 0 unspecified atom stereocenters. The SMILES string of the molecule is Cc1cccc2cnc(-c3ccc4c(c3)oc3cc5c6c7c(ccc6c34)C=CCC7=CC5)cc12. The van der Waals surface area contributed by atoms with Crippen LogP contribution in [0, 0.1) is 6.92 Å². The molecule has 4 aromatic carbocycles. The third-order valence-corrected chi connectivity index (χ3v) is 7.65. The van der Waals surface area contributed by atoms with Crippen molar-refractivity contribution in [3.63, 3.8) is 0 Å². The minimum Gasteiger partial charge on any atom is -0.456 e. The fourth-order valence-electron chi connectivity index (χ4n) is 6.01. The van der Waals surface area contributed by atoms with Gasteiger partial charge in [0.2, 0.25) is 0 Å². The summed E-state index contributed by atoms with van der Waals surface area (Å²) in [5.41, 5.74) is 10.8. The lowest BCUT2D eigenvalue weighted by Crippen LogP contribution is -2.03. The topological polar surface area (TPSA) is 26.0 Å². The van der Waals surface area contributed by atoms with Gasteiger partial charge in [-0.25, -0.2) is 0 Å². The van der Waals surface area contributed by atoms with Gasteiger partial charge in [0, 0.05) is 27.9 Å². The van der Waals surface area contributed by atoms with Crippen molar-refractivity contribution >= 4 is 55.1 Å². The first-order valence-electron chi connectivity index (χ1n) is 11.9. The van der Waals surface area contributed by atoms with Crippen LogP contribution in [0.4, 0.5) is 0 Å². The molecule has 0 bridgehead atoms. The minimum absolute atomic E-state index is 0.919. The standard InChI is InChI=1S/C32H21NO/c1-18-4-2-7-23-17-33-27(16-26(18)23)21-11-12-24-28(14-21)34-29-15-22-9-8-19-5-3-6-20-10-13-25(32(24)29)31(22)30(19)20/h2-4,6-8,10-17H,5,9H2,1H3. The summed E-state index contributed by atoms with van der Waals surface area (Å²) in [5.74, 6) is 0. The first kappa shape index (κ1) is 18.3. The maximum Gasteiger partial charge on any atom is 0.136 e. The third-order valence-electron chi connectivity index (χ3n) is 7.65. The van der Waals surface area contributed by atoms with Gasteiger partial charge < -0.3 is 4.42 Å². The van der Waals surface area contributed by atoms with Gasteiger partial charge in [0.15, 0.2) is 0 Å². The number of hydrogen-bond acceptors (Lipinski definition) is 2. The second-order valence-corrected chi connectivity index (χ2v) is 9.58. The normalized spacial score (nSPS) is 14.4. The number of benzene rings is 4. The highest BCUT2D eigenvalue weighted by atomic mass is 16.3. The molecule has 0 atom stereocenters. The number of fused-ring (bicyclic) bond motifs is 5. The van der Waals surface area contributed by atoms with Crippen LogP contribution in [0.15, 0.2) is 83.4 Å². The molecule has 0 fully saturated rings. The number of nitrogens with zero attached hydrogens (tertiary/aromatic N) is 1. The van der Waals surface area contributed by atoms with E-state index >= 15 is 0 Å². The average molecular weight is 436 g/mol. The van der Waals surface area contributed by atoms with Crippen LogP contribution < -0.4 is 0 Å². The first-order chi connectivity index (χ1) is 16.7.